The number of benzene rings is 3. The van der Waals surface area contributed by atoms with Gasteiger partial charge in [-0.05, 0) is 36.2 Å². The van der Waals surface area contributed by atoms with Crippen molar-refractivity contribution in [3.63, 3.8) is 0 Å². The fraction of sp³-hybridized carbons (Fsp3) is 0.154. The molecule has 0 fully saturated rings. The fourth-order valence-electron chi connectivity index (χ4n) is 4.09. The Hall–Kier alpha value is -4.46. The Morgan fingerprint density at radius 1 is 0.941 bits per heavy atom. The molecule has 0 radical (unpaired) electrons. The third-order valence-electron chi connectivity index (χ3n) is 5.83. The Balaban J connectivity index is 1.30. The Kier molecular flexibility index (Phi) is 5.78. The number of aromatic amines is 1. The summed E-state index contributed by atoms with van der Waals surface area (Å²) in [6.45, 7) is 0. The molecule has 1 aliphatic rings. The molecular weight excluding hydrogens is 430 g/mol. The van der Waals surface area contributed by atoms with E-state index in [0.717, 1.165) is 16.6 Å². The van der Waals surface area contributed by atoms with Gasteiger partial charge in [-0.3, -0.25) is 14.4 Å². The largest absolute Gasteiger partial charge is 0.342 e. The van der Waals surface area contributed by atoms with Crippen LogP contribution in [0.1, 0.15) is 40.6 Å². The van der Waals surface area contributed by atoms with Crippen molar-refractivity contribution in [2.75, 3.05) is 5.32 Å². The average molecular weight is 454 g/mol. The summed E-state index contributed by atoms with van der Waals surface area (Å²) in [6, 6.07) is 22.8. The predicted octanol–water partition coefficient (Wildman–Crippen LogP) is 3.30. The van der Waals surface area contributed by atoms with Crippen molar-refractivity contribution >= 4 is 34.4 Å². The minimum absolute atomic E-state index is 0.0538. The van der Waals surface area contributed by atoms with E-state index in [0.29, 0.717) is 17.1 Å². The summed E-state index contributed by atoms with van der Waals surface area (Å²) in [7, 11) is 0. The molecule has 0 saturated heterocycles. The van der Waals surface area contributed by atoms with Crippen molar-refractivity contribution in [2.45, 2.75) is 24.9 Å². The van der Waals surface area contributed by atoms with Gasteiger partial charge in [0.1, 0.15) is 17.9 Å². The molecule has 170 valence electrons. The Morgan fingerprint density at radius 3 is 2.50 bits per heavy atom. The molecule has 4 aromatic rings. The maximum absolute atomic E-state index is 13.0. The van der Waals surface area contributed by atoms with Crippen LogP contribution >= 0.6 is 0 Å². The molecule has 1 aliphatic heterocycles. The number of imidazole rings is 1. The minimum atomic E-state index is -0.813. The molecule has 0 aliphatic carbocycles. The molecule has 8 heteroatoms. The van der Waals surface area contributed by atoms with Crippen LogP contribution in [0.4, 0.5) is 5.69 Å². The van der Waals surface area contributed by atoms with Gasteiger partial charge in [-0.25, -0.2) is 4.98 Å². The zero-order valence-corrected chi connectivity index (χ0v) is 18.2. The van der Waals surface area contributed by atoms with Crippen molar-refractivity contribution in [3.8, 4) is 0 Å². The maximum Gasteiger partial charge on any atom is 0.254 e. The summed E-state index contributed by atoms with van der Waals surface area (Å²) in [4.78, 5) is 46.1. The lowest BCUT2D eigenvalue weighted by Crippen LogP contribution is -2.42. The molecule has 2 heterocycles. The van der Waals surface area contributed by atoms with Gasteiger partial charge in [0, 0.05) is 6.42 Å². The lowest BCUT2D eigenvalue weighted by atomic mass is 10.1. The highest BCUT2D eigenvalue weighted by molar-refractivity contribution is 6.09. The van der Waals surface area contributed by atoms with Crippen molar-refractivity contribution in [1.29, 1.82) is 0 Å². The zero-order chi connectivity index (χ0) is 23.5. The highest BCUT2D eigenvalue weighted by Gasteiger charge is 2.28. The lowest BCUT2D eigenvalue weighted by Gasteiger charge is -2.19. The van der Waals surface area contributed by atoms with E-state index < -0.39 is 12.1 Å². The van der Waals surface area contributed by atoms with Crippen LogP contribution < -0.4 is 16.0 Å². The number of nitrogens with zero attached hydrogens (tertiary/aromatic N) is 1. The zero-order valence-electron chi connectivity index (χ0n) is 18.2. The summed E-state index contributed by atoms with van der Waals surface area (Å²) in [5.74, 6) is -0.318. The number of aromatic nitrogens is 2. The number of H-pyrrole nitrogens is 1. The van der Waals surface area contributed by atoms with Crippen LogP contribution in [0.3, 0.4) is 0 Å². The number of hydrogen-bond donors (Lipinski definition) is 4. The molecule has 1 unspecified atom stereocenters. The number of carbonyl (C=O) groups excluding carboxylic acids is 3. The van der Waals surface area contributed by atoms with Crippen molar-refractivity contribution in [2.24, 2.45) is 0 Å². The third-order valence-corrected chi connectivity index (χ3v) is 5.83. The first-order chi connectivity index (χ1) is 16.6. The first-order valence-corrected chi connectivity index (χ1v) is 11.1. The molecule has 8 nitrogen and oxygen atoms in total. The van der Waals surface area contributed by atoms with Gasteiger partial charge < -0.3 is 20.9 Å². The van der Waals surface area contributed by atoms with Crippen LogP contribution in [0.2, 0.25) is 0 Å². The minimum Gasteiger partial charge on any atom is -0.342 e. The molecule has 0 spiro atoms. The van der Waals surface area contributed by atoms with Crippen LogP contribution in [0.15, 0.2) is 78.9 Å². The summed E-state index contributed by atoms with van der Waals surface area (Å²) in [5, 5.41) is 8.52. The molecule has 5 rings (SSSR count). The SMILES string of the molecule is O=C(CCC1NC(=O)c2ccccc2NC1=O)N[C@@H](c1ccccc1)c1nc2ccccc2[nH]1. The van der Waals surface area contributed by atoms with Gasteiger partial charge >= 0.3 is 0 Å². The number of amides is 3. The van der Waals surface area contributed by atoms with Gasteiger partial charge in [-0.1, -0.05) is 54.6 Å². The van der Waals surface area contributed by atoms with E-state index in [1.807, 2.05) is 54.6 Å². The number of nitrogens with one attached hydrogen (secondary N) is 4. The van der Waals surface area contributed by atoms with E-state index >= 15 is 0 Å². The van der Waals surface area contributed by atoms with Crippen LogP contribution in [-0.2, 0) is 9.59 Å². The Bertz CT molecular complexity index is 1330. The van der Waals surface area contributed by atoms with E-state index in [9.17, 15) is 14.4 Å². The first-order valence-electron chi connectivity index (χ1n) is 11.1. The molecule has 1 aromatic heterocycles. The van der Waals surface area contributed by atoms with Crippen LogP contribution in [0.5, 0.6) is 0 Å². The number of rotatable bonds is 6. The average Bonchev–Trinajstić information content (AvgIpc) is 3.24. The van der Waals surface area contributed by atoms with Crippen molar-refractivity contribution in [3.05, 3.63) is 95.8 Å². The summed E-state index contributed by atoms with van der Waals surface area (Å²) >= 11 is 0. The fourth-order valence-corrected chi connectivity index (χ4v) is 4.09. The molecule has 2 atom stereocenters. The van der Waals surface area contributed by atoms with E-state index in [-0.39, 0.29) is 30.6 Å². The van der Waals surface area contributed by atoms with Gasteiger partial charge in [0.05, 0.1) is 22.3 Å². The monoisotopic (exact) mass is 453 g/mol. The number of fused-ring (bicyclic) bond motifs is 2. The normalized spacial score (nSPS) is 16.2. The van der Waals surface area contributed by atoms with Gasteiger partial charge in [0.25, 0.3) is 5.91 Å². The van der Waals surface area contributed by atoms with Crippen LogP contribution in [-0.4, -0.2) is 33.7 Å². The topological polar surface area (TPSA) is 116 Å². The summed E-state index contributed by atoms with van der Waals surface area (Å²) in [6.07, 6.45) is 0.220. The van der Waals surface area contributed by atoms with Crippen LogP contribution in [0.25, 0.3) is 11.0 Å². The summed E-state index contributed by atoms with van der Waals surface area (Å²) in [5.41, 5.74) is 3.43. The molecule has 34 heavy (non-hydrogen) atoms. The number of hydrogen-bond acceptors (Lipinski definition) is 4. The quantitative estimate of drug-likeness (QED) is 0.358. The highest BCUT2D eigenvalue weighted by Crippen LogP contribution is 2.23. The Labute approximate surface area is 195 Å². The van der Waals surface area contributed by atoms with Gasteiger partial charge in [-0.15, -0.1) is 0 Å². The summed E-state index contributed by atoms with van der Waals surface area (Å²) < 4.78 is 0. The second kappa shape index (κ2) is 9.19. The molecular formula is C26H23N5O3. The molecule has 0 saturated carbocycles. The van der Waals surface area contributed by atoms with E-state index in [1.165, 1.54) is 0 Å². The van der Waals surface area contributed by atoms with Gasteiger partial charge in [0.2, 0.25) is 11.8 Å². The second-order valence-electron chi connectivity index (χ2n) is 8.15. The number of para-hydroxylation sites is 3. The van der Waals surface area contributed by atoms with Crippen molar-refractivity contribution in [1.82, 2.24) is 20.6 Å². The second-order valence-corrected chi connectivity index (χ2v) is 8.15. The molecule has 3 amide bonds. The lowest BCUT2D eigenvalue weighted by molar-refractivity contribution is -0.122. The Morgan fingerprint density at radius 2 is 1.68 bits per heavy atom. The maximum atomic E-state index is 13.0. The molecule has 4 N–H and O–H groups in total. The van der Waals surface area contributed by atoms with Crippen molar-refractivity contribution < 1.29 is 14.4 Å². The molecule has 0 bridgehead atoms. The van der Waals surface area contributed by atoms with Gasteiger partial charge in [0.15, 0.2) is 0 Å². The van der Waals surface area contributed by atoms with E-state index in [4.69, 9.17) is 0 Å². The number of anilines is 1. The van der Waals surface area contributed by atoms with E-state index in [2.05, 4.69) is 25.9 Å². The van der Waals surface area contributed by atoms with Gasteiger partial charge in [-0.2, -0.15) is 0 Å². The standard InChI is InChI=1S/C26H23N5O3/c32-22(15-14-21-26(34)29-18-11-5-4-10-17(18)25(33)30-21)31-23(16-8-2-1-3-9-16)24-27-19-12-6-7-13-20(19)28-24/h1-13,21,23H,14-15H2,(H,27,28)(H,29,34)(H,30,33)(H,31,32)/t21?,23-/m0/s1. The van der Waals surface area contributed by atoms with E-state index in [1.54, 1.807) is 24.3 Å². The first kappa shape index (κ1) is 21.4. The molecule has 3 aromatic carbocycles. The third kappa shape index (κ3) is 4.38. The van der Waals surface area contributed by atoms with Crippen LogP contribution in [0, 0.1) is 0 Å². The number of carbonyl (C=O) groups is 3. The highest BCUT2D eigenvalue weighted by atomic mass is 16.2. The predicted molar refractivity (Wildman–Crippen MR) is 128 cm³/mol. The smallest absolute Gasteiger partial charge is 0.254 e.